The molecule has 0 saturated carbocycles. The van der Waals surface area contributed by atoms with E-state index in [4.69, 9.17) is 4.74 Å². The Morgan fingerprint density at radius 1 is 1.45 bits per heavy atom. The number of carbonyl (C=O) groups excluding carboxylic acids is 1. The van der Waals surface area contributed by atoms with Crippen LogP contribution in [0.4, 0.5) is 4.39 Å². The van der Waals surface area contributed by atoms with Crippen LogP contribution >= 0.6 is 0 Å². The molecule has 6 nitrogen and oxygen atoms in total. The van der Waals surface area contributed by atoms with Crippen molar-refractivity contribution in [2.45, 2.75) is 38.5 Å². The van der Waals surface area contributed by atoms with Gasteiger partial charge >= 0.3 is 5.97 Å². The van der Waals surface area contributed by atoms with E-state index in [1.807, 2.05) is 0 Å². The van der Waals surface area contributed by atoms with Gasteiger partial charge in [0.15, 0.2) is 14.6 Å². The van der Waals surface area contributed by atoms with Crippen LogP contribution in [0.5, 0.6) is 0 Å². The van der Waals surface area contributed by atoms with E-state index >= 15 is 0 Å². The van der Waals surface area contributed by atoms with E-state index in [1.165, 1.54) is 13.8 Å². The molecule has 1 heterocycles. The first-order valence-corrected chi connectivity index (χ1v) is 8.65. The molecule has 0 fully saturated rings. The fourth-order valence-corrected chi connectivity index (χ4v) is 2.69. The van der Waals surface area contributed by atoms with Gasteiger partial charge in [-0.15, -0.1) is 0 Å². The van der Waals surface area contributed by atoms with Gasteiger partial charge in [-0.1, -0.05) is 0 Å². The lowest BCUT2D eigenvalue weighted by atomic mass is 10.1. The van der Waals surface area contributed by atoms with Crippen molar-refractivity contribution in [3.63, 3.8) is 0 Å². The summed E-state index contributed by atoms with van der Waals surface area (Å²) in [5.41, 5.74) is -0.254. The zero-order valence-electron chi connectivity index (χ0n) is 13.1. The molecule has 124 valence electrons. The van der Waals surface area contributed by atoms with Gasteiger partial charge in [0, 0.05) is 25.1 Å². The maximum Gasteiger partial charge on any atom is 0.327 e. The lowest BCUT2D eigenvalue weighted by Crippen LogP contribution is -2.45. The van der Waals surface area contributed by atoms with Crippen LogP contribution in [-0.4, -0.2) is 36.6 Å². The van der Waals surface area contributed by atoms with Crippen molar-refractivity contribution in [2.75, 3.05) is 12.9 Å². The molecule has 0 bridgehead atoms. The maximum absolute atomic E-state index is 13.5. The Labute approximate surface area is 128 Å². The molecule has 0 aromatic carbocycles. The molecule has 8 heteroatoms. The molecule has 0 aliphatic heterocycles. The van der Waals surface area contributed by atoms with Crippen LogP contribution in [0.1, 0.15) is 25.8 Å². The van der Waals surface area contributed by atoms with Gasteiger partial charge in [-0.05, 0) is 32.8 Å². The summed E-state index contributed by atoms with van der Waals surface area (Å²) in [4.78, 5) is 23.8. The quantitative estimate of drug-likeness (QED) is 0.727. The second-order valence-corrected chi connectivity index (χ2v) is 7.75. The van der Waals surface area contributed by atoms with E-state index < -0.39 is 31.9 Å². The first kappa shape index (κ1) is 18.3. The van der Waals surface area contributed by atoms with Gasteiger partial charge in [0.25, 0.3) is 5.56 Å². The fourth-order valence-electron chi connectivity index (χ4n) is 1.87. The van der Waals surface area contributed by atoms with E-state index in [0.717, 1.165) is 23.1 Å². The Morgan fingerprint density at radius 2 is 2.05 bits per heavy atom. The van der Waals surface area contributed by atoms with E-state index in [9.17, 15) is 22.4 Å². The maximum atomic E-state index is 13.5. The number of hydrogen-bond acceptors (Lipinski definition) is 5. The minimum atomic E-state index is -3.77. The molecule has 0 radical (unpaired) electrons. The molecule has 0 amide bonds. The van der Waals surface area contributed by atoms with E-state index in [2.05, 4.69) is 0 Å². The minimum absolute atomic E-state index is 0.0447. The van der Waals surface area contributed by atoms with E-state index in [0.29, 0.717) is 0 Å². The summed E-state index contributed by atoms with van der Waals surface area (Å²) in [5.74, 6) is -1.45. The molecule has 0 aliphatic carbocycles. The smallest absolute Gasteiger partial charge is 0.327 e. The summed E-state index contributed by atoms with van der Waals surface area (Å²) in [7, 11) is -3.77. The van der Waals surface area contributed by atoms with Crippen molar-refractivity contribution in [3.8, 4) is 0 Å². The Morgan fingerprint density at radius 3 is 2.55 bits per heavy atom. The molecule has 1 unspecified atom stereocenters. The van der Waals surface area contributed by atoms with E-state index in [-0.39, 0.29) is 25.1 Å². The Kier molecular flexibility index (Phi) is 5.50. The molecule has 0 aliphatic rings. The van der Waals surface area contributed by atoms with Crippen LogP contribution in [0.25, 0.3) is 0 Å². The molecule has 1 aromatic rings. The number of aromatic nitrogens is 1. The SMILES string of the molecule is CCOC(=O)C(C)(CCn1cc(F)c(C)cc1=O)S(C)(=O)=O. The van der Waals surface area contributed by atoms with Gasteiger partial charge < -0.3 is 9.30 Å². The highest BCUT2D eigenvalue weighted by Crippen LogP contribution is 2.23. The van der Waals surface area contributed by atoms with Crippen molar-refractivity contribution in [1.29, 1.82) is 0 Å². The van der Waals surface area contributed by atoms with Crippen molar-refractivity contribution in [2.24, 2.45) is 0 Å². The molecule has 0 N–H and O–H groups in total. The highest BCUT2D eigenvalue weighted by molar-refractivity contribution is 7.92. The van der Waals surface area contributed by atoms with Crippen LogP contribution in [0.3, 0.4) is 0 Å². The third-order valence-corrected chi connectivity index (χ3v) is 5.63. The molecule has 1 aromatic heterocycles. The first-order valence-electron chi connectivity index (χ1n) is 6.76. The van der Waals surface area contributed by atoms with Crippen molar-refractivity contribution >= 4 is 15.8 Å². The highest BCUT2D eigenvalue weighted by atomic mass is 32.2. The zero-order valence-corrected chi connectivity index (χ0v) is 13.9. The lowest BCUT2D eigenvalue weighted by molar-refractivity contribution is -0.146. The highest BCUT2D eigenvalue weighted by Gasteiger charge is 2.44. The number of hydrogen-bond donors (Lipinski definition) is 0. The molecule has 1 atom stereocenters. The number of rotatable bonds is 6. The Bertz CT molecular complexity index is 725. The molecule has 22 heavy (non-hydrogen) atoms. The third kappa shape index (κ3) is 3.73. The molecule has 1 rings (SSSR count). The van der Waals surface area contributed by atoms with Crippen LogP contribution < -0.4 is 5.56 Å². The molecular weight excluding hydrogens is 313 g/mol. The third-order valence-electron chi connectivity index (χ3n) is 3.62. The largest absolute Gasteiger partial charge is 0.465 e. The Hall–Kier alpha value is -1.70. The van der Waals surface area contributed by atoms with Gasteiger partial charge in [0.2, 0.25) is 0 Å². The average Bonchev–Trinajstić information content (AvgIpc) is 2.40. The normalized spacial score (nSPS) is 14.4. The van der Waals surface area contributed by atoms with Crippen LogP contribution in [0.2, 0.25) is 0 Å². The minimum Gasteiger partial charge on any atom is -0.465 e. The number of halogens is 1. The number of ether oxygens (including phenoxy) is 1. The van der Waals surface area contributed by atoms with Gasteiger partial charge in [-0.2, -0.15) is 0 Å². The standard InChI is InChI=1S/C14H20FNO5S/c1-5-21-13(18)14(3,22(4,19)20)6-7-16-9-11(15)10(2)8-12(16)17/h8-9H,5-7H2,1-4H3. The summed E-state index contributed by atoms with van der Waals surface area (Å²) in [6, 6.07) is 1.12. The average molecular weight is 333 g/mol. The predicted molar refractivity (Wildman–Crippen MR) is 79.9 cm³/mol. The number of aryl methyl sites for hydroxylation is 2. The van der Waals surface area contributed by atoms with Gasteiger partial charge in [-0.3, -0.25) is 9.59 Å². The van der Waals surface area contributed by atoms with E-state index in [1.54, 1.807) is 6.92 Å². The van der Waals surface area contributed by atoms with Crippen LogP contribution in [-0.2, 0) is 25.9 Å². The zero-order chi connectivity index (χ0) is 17.1. The first-order chi connectivity index (χ1) is 10.0. The molecule has 0 saturated heterocycles. The summed E-state index contributed by atoms with van der Waals surface area (Å²) >= 11 is 0. The van der Waals surface area contributed by atoms with Crippen LogP contribution in [0, 0.1) is 12.7 Å². The van der Waals surface area contributed by atoms with Crippen molar-refractivity contribution in [3.05, 3.63) is 34.0 Å². The summed E-state index contributed by atoms with van der Waals surface area (Å²) in [6.45, 7) is 4.21. The number of carbonyl (C=O) groups is 1. The second-order valence-electron chi connectivity index (χ2n) is 5.31. The summed E-state index contributed by atoms with van der Waals surface area (Å²) in [6.07, 6.45) is 1.75. The van der Waals surface area contributed by atoms with Gasteiger partial charge in [0.1, 0.15) is 5.82 Å². The lowest BCUT2D eigenvalue weighted by Gasteiger charge is -2.25. The summed E-state index contributed by atoms with van der Waals surface area (Å²) < 4.78 is 41.5. The topological polar surface area (TPSA) is 82.4 Å². The summed E-state index contributed by atoms with van der Waals surface area (Å²) in [5, 5.41) is 0. The molecule has 0 spiro atoms. The second kappa shape index (κ2) is 6.60. The van der Waals surface area contributed by atoms with Gasteiger partial charge in [0.05, 0.1) is 6.61 Å². The van der Waals surface area contributed by atoms with Crippen LogP contribution in [0.15, 0.2) is 17.1 Å². The van der Waals surface area contributed by atoms with Gasteiger partial charge in [-0.25, -0.2) is 12.8 Å². The Balaban J connectivity index is 3.11. The predicted octanol–water partition coefficient (Wildman–Crippen LogP) is 1.05. The fraction of sp³-hybridized carbons (Fsp3) is 0.571. The number of pyridine rings is 1. The van der Waals surface area contributed by atoms with Crippen molar-refractivity contribution in [1.82, 2.24) is 4.57 Å². The number of sulfone groups is 1. The monoisotopic (exact) mass is 333 g/mol. The number of esters is 1. The van der Waals surface area contributed by atoms with Crippen molar-refractivity contribution < 1.29 is 22.3 Å². The number of nitrogens with zero attached hydrogens (tertiary/aromatic N) is 1. The molecular formula is C14H20FNO5S.